The maximum atomic E-state index is 11.7. The van der Waals surface area contributed by atoms with Crippen LogP contribution in [0.1, 0.15) is 33.6 Å². The second kappa shape index (κ2) is 5.97. The van der Waals surface area contributed by atoms with Gasteiger partial charge in [0.1, 0.15) is 0 Å². The average Bonchev–Trinajstić information content (AvgIpc) is 2.20. The molecule has 0 saturated carbocycles. The Morgan fingerprint density at radius 2 is 2.29 bits per heavy atom. The number of aliphatic hydroxyl groups is 1. The highest BCUT2D eigenvalue weighted by molar-refractivity contribution is 5.90. The number of ketones is 1. The first kappa shape index (κ1) is 13.9. The molecule has 0 amide bonds. The van der Waals surface area contributed by atoms with E-state index in [1.807, 2.05) is 19.9 Å². The van der Waals surface area contributed by atoms with E-state index >= 15 is 0 Å². The van der Waals surface area contributed by atoms with Gasteiger partial charge in [0.25, 0.3) is 0 Å². The Labute approximate surface area is 104 Å². The van der Waals surface area contributed by atoms with Crippen LogP contribution in [0.4, 0.5) is 0 Å². The monoisotopic (exact) mass is 234 g/mol. The van der Waals surface area contributed by atoms with E-state index in [9.17, 15) is 9.90 Å². The summed E-state index contributed by atoms with van der Waals surface area (Å²) < 4.78 is 0. The summed E-state index contributed by atoms with van der Waals surface area (Å²) in [6.45, 7) is 9.69. The molecule has 0 aromatic rings. The maximum absolute atomic E-state index is 11.7. The molecule has 0 spiro atoms. The molecule has 0 aromatic carbocycles. The number of hydrogen-bond donors (Lipinski definition) is 1. The lowest BCUT2D eigenvalue weighted by Crippen LogP contribution is -2.23. The lowest BCUT2D eigenvalue weighted by molar-refractivity contribution is -0.115. The highest BCUT2D eigenvalue weighted by atomic mass is 16.3. The van der Waals surface area contributed by atoms with Crippen molar-refractivity contribution >= 4 is 5.78 Å². The van der Waals surface area contributed by atoms with Crippen LogP contribution in [0, 0.1) is 11.8 Å². The summed E-state index contributed by atoms with van der Waals surface area (Å²) in [4.78, 5) is 11.7. The molecule has 1 N–H and O–H groups in total. The fourth-order valence-corrected chi connectivity index (χ4v) is 2.12. The van der Waals surface area contributed by atoms with Gasteiger partial charge in [0.2, 0.25) is 0 Å². The van der Waals surface area contributed by atoms with E-state index in [0.29, 0.717) is 12.8 Å². The maximum Gasteiger partial charge on any atom is 0.155 e. The minimum atomic E-state index is -0.453. The van der Waals surface area contributed by atoms with Crippen molar-refractivity contribution in [3.05, 3.63) is 36.0 Å². The predicted molar refractivity (Wildman–Crippen MR) is 70.6 cm³/mol. The van der Waals surface area contributed by atoms with Gasteiger partial charge < -0.3 is 5.11 Å². The van der Waals surface area contributed by atoms with Gasteiger partial charge in [-0.25, -0.2) is 0 Å². The van der Waals surface area contributed by atoms with Crippen LogP contribution < -0.4 is 0 Å². The Morgan fingerprint density at radius 1 is 1.65 bits per heavy atom. The lowest BCUT2D eigenvalue weighted by atomic mass is 9.80. The molecule has 2 heteroatoms. The first-order valence-electron chi connectivity index (χ1n) is 6.13. The minimum absolute atomic E-state index is 0.171. The van der Waals surface area contributed by atoms with Gasteiger partial charge in [-0.3, -0.25) is 4.79 Å². The molecule has 1 aliphatic carbocycles. The van der Waals surface area contributed by atoms with E-state index in [2.05, 4.69) is 19.6 Å². The average molecular weight is 234 g/mol. The van der Waals surface area contributed by atoms with Gasteiger partial charge in [-0.2, -0.15) is 0 Å². The molecule has 0 fully saturated rings. The number of hydrogen-bond acceptors (Lipinski definition) is 2. The smallest absolute Gasteiger partial charge is 0.155 e. The van der Waals surface area contributed by atoms with E-state index < -0.39 is 6.10 Å². The quantitative estimate of drug-likeness (QED) is 0.759. The van der Waals surface area contributed by atoms with E-state index in [4.69, 9.17) is 0 Å². The predicted octanol–water partition coefficient (Wildman–Crippen LogP) is 3.04. The number of carbonyl (C=O) groups excluding carboxylic acids is 1. The van der Waals surface area contributed by atoms with Crippen LogP contribution in [0.25, 0.3) is 0 Å². The molecule has 0 saturated heterocycles. The van der Waals surface area contributed by atoms with Gasteiger partial charge in [-0.05, 0) is 43.8 Å². The van der Waals surface area contributed by atoms with Crippen molar-refractivity contribution in [2.75, 3.05) is 0 Å². The van der Waals surface area contributed by atoms with Crippen molar-refractivity contribution in [3.63, 3.8) is 0 Å². The van der Waals surface area contributed by atoms with Crippen LogP contribution in [0.3, 0.4) is 0 Å². The normalized spacial score (nSPS) is 25.5. The van der Waals surface area contributed by atoms with Gasteiger partial charge in [0.05, 0.1) is 6.10 Å². The van der Waals surface area contributed by atoms with E-state index in [-0.39, 0.29) is 17.6 Å². The summed E-state index contributed by atoms with van der Waals surface area (Å²) in [7, 11) is 0. The first-order chi connectivity index (χ1) is 7.90. The van der Waals surface area contributed by atoms with Crippen LogP contribution in [0.2, 0.25) is 0 Å². The molecule has 3 atom stereocenters. The summed E-state index contributed by atoms with van der Waals surface area (Å²) in [5.41, 5.74) is 1.80. The Morgan fingerprint density at radius 3 is 2.82 bits per heavy atom. The Balaban J connectivity index is 2.57. The van der Waals surface area contributed by atoms with Gasteiger partial charge in [-0.15, -0.1) is 0 Å². The number of aliphatic hydroxyl groups excluding tert-OH is 1. The number of rotatable bonds is 4. The van der Waals surface area contributed by atoms with E-state index in [1.165, 1.54) is 0 Å². The minimum Gasteiger partial charge on any atom is -0.388 e. The molecule has 0 unspecified atom stereocenters. The summed E-state index contributed by atoms with van der Waals surface area (Å²) in [6.07, 6.45) is 6.40. The van der Waals surface area contributed by atoms with Crippen LogP contribution in [0.15, 0.2) is 36.0 Å². The van der Waals surface area contributed by atoms with Crippen molar-refractivity contribution in [1.29, 1.82) is 0 Å². The molecule has 0 bridgehead atoms. The fraction of sp³-hybridized carbons (Fsp3) is 0.533. The van der Waals surface area contributed by atoms with Crippen LogP contribution in [-0.2, 0) is 4.79 Å². The SMILES string of the molecule is C=C1C=C[C@H]([C@H](C)CC(=O)C=C(C)C)C[C@@H]1O. The number of allylic oxidation sites excluding steroid dienone is 3. The first-order valence-corrected chi connectivity index (χ1v) is 6.13. The van der Waals surface area contributed by atoms with Crippen molar-refractivity contribution < 1.29 is 9.90 Å². The second-order valence-corrected chi connectivity index (χ2v) is 5.22. The summed E-state index contributed by atoms with van der Waals surface area (Å²) in [6, 6.07) is 0. The number of carbonyl (C=O) groups is 1. The Hall–Kier alpha value is -1.15. The third-order valence-corrected chi connectivity index (χ3v) is 3.18. The third-order valence-electron chi connectivity index (χ3n) is 3.18. The summed E-state index contributed by atoms with van der Waals surface area (Å²) in [5, 5.41) is 9.73. The van der Waals surface area contributed by atoms with Gasteiger partial charge in [0, 0.05) is 6.42 Å². The Kier molecular flexibility index (Phi) is 4.88. The van der Waals surface area contributed by atoms with Gasteiger partial charge in [-0.1, -0.05) is 31.2 Å². The zero-order valence-corrected chi connectivity index (χ0v) is 10.9. The summed E-state index contributed by atoms with van der Waals surface area (Å²) >= 11 is 0. The topological polar surface area (TPSA) is 37.3 Å². The molecule has 0 radical (unpaired) electrons. The Bertz CT molecular complexity index is 359. The largest absolute Gasteiger partial charge is 0.388 e. The molecule has 17 heavy (non-hydrogen) atoms. The highest BCUT2D eigenvalue weighted by Gasteiger charge is 2.24. The molecular formula is C15H22O2. The molecule has 1 rings (SSSR count). The highest BCUT2D eigenvalue weighted by Crippen LogP contribution is 2.29. The van der Waals surface area contributed by atoms with Gasteiger partial charge >= 0.3 is 0 Å². The van der Waals surface area contributed by atoms with Crippen LogP contribution in [-0.4, -0.2) is 17.0 Å². The van der Waals surface area contributed by atoms with E-state index in [0.717, 1.165) is 11.1 Å². The van der Waals surface area contributed by atoms with Crippen molar-refractivity contribution in [2.24, 2.45) is 11.8 Å². The fourth-order valence-electron chi connectivity index (χ4n) is 2.12. The lowest BCUT2D eigenvalue weighted by Gasteiger charge is -2.27. The molecule has 2 nitrogen and oxygen atoms in total. The molecule has 0 aromatic heterocycles. The summed E-state index contributed by atoms with van der Waals surface area (Å²) in [5.74, 6) is 0.701. The zero-order chi connectivity index (χ0) is 13.0. The van der Waals surface area contributed by atoms with Crippen molar-refractivity contribution in [1.82, 2.24) is 0 Å². The van der Waals surface area contributed by atoms with Gasteiger partial charge in [0.15, 0.2) is 5.78 Å². The second-order valence-electron chi connectivity index (χ2n) is 5.22. The van der Waals surface area contributed by atoms with E-state index in [1.54, 1.807) is 6.08 Å². The third kappa shape index (κ3) is 4.31. The van der Waals surface area contributed by atoms with Crippen molar-refractivity contribution in [3.8, 4) is 0 Å². The molecule has 1 aliphatic rings. The molecule has 0 aliphatic heterocycles. The van der Waals surface area contributed by atoms with Crippen molar-refractivity contribution in [2.45, 2.75) is 39.7 Å². The van der Waals surface area contributed by atoms with Crippen LogP contribution in [0.5, 0.6) is 0 Å². The molecule has 94 valence electrons. The standard InChI is InChI=1S/C15H22O2/c1-10(2)7-14(16)8-12(4)13-6-5-11(3)15(17)9-13/h5-7,12-13,15,17H,3,8-9H2,1-2,4H3/t12-,13+,15+/m1/s1. The molecule has 0 heterocycles. The van der Waals surface area contributed by atoms with Crippen LogP contribution >= 0.6 is 0 Å². The zero-order valence-electron chi connectivity index (χ0n) is 10.9. The molecular weight excluding hydrogens is 212 g/mol.